The van der Waals surface area contributed by atoms with Gasteiger partial charge in [-0.2, -0.15) is 0 Å². The number of rotatable bonds is 0. The number of hydrogen-bond donors (Lipinski definition) is 0. The molecule has 0 aliphatic rings. The highest BCUT2D eigenvalue weighted by Gasteiger charge is 2.08. The van der Waals surface area contributed by atoms with Crippen LogP contribution in [-0.4, -0.2) is 0 Å². The Morgan fingerprint density at radius 3 is 2.56 bits per heavy atom. The van der Waals surface area contributed by atoms with Gasteiger partial charge in [0.05, 0.1) is 10.4 Å². The van der Waals surface area contributed by atoms with Crippen LogP contribution >= 0.6 is 11.6 Å². The molecular formula is C13H7ClO2. The van der Waals surface area contributed by atoms with Gasteiger partial charge in [0.1, 0.15) is 5.58 Å². The molecule has 0 N–H and O–H groups in total. The molecule has 0 radical (unpaired) electrons. The molecule has 0 atom stereocenters. The third-order valence-electron chi connectivity index (χ3n) is 2.60. The van der Waals surface area contributed by atoms with Crippen LogP contribution in [0, 0.1) is 0 Å². The van der Waals surface area contributed by atoms with Crippen molar-refractivity contribution in [3.05, 3.63) is 57.9 Å². The van der Waals surface area contributed by atoms with Crippen LogP contribution in [0.5, 0.6) is 0 Å². The maximum absolute atomic E-state index is 11.8. The van der Waals surface area contributed by atoms with Crippen LogP contribution in [0.25, 0.3) is 21.7 Å². The Bertz CT molecular complexity index is 744. The highest BCUT2D eigenvalue weighted by molar-refractivity contribution is 6.36. The fourth-order valence-electron chi connectivity index (χ4n) is 1.89. The first-order valence-corrected chi connectivity index (χ1v) is 5.25. The van der Waals surface area contributed by atoms with E-state index in [9.17, 15) is 4.79 Å². The molecule has 2 nitrogen and oxygen atoms in total. The van der Waals surface area contributed by atoms with Crippen molar-refractivity contribution in [2.45, 2.75) is 0 Å². The second-order valence-corrected chi connectivity index (χ2v) is 3.96. The van der Waals surface area contributed by atoms with Gasteiger partial charge in [0.25, 0.3) is 0 Å². The minimum atomic E-state index is -0.390. The Labute approximate surface area is 96.1 Å². The second-order valence-electron chi connectivity index (χ2n) is 3.55. The van der Waals surface area contributed by atoms with Gasteiger partial charge in [-0.25, -0.2) is 4.79 Å². The molecule has 3 rings (SSSR count). The predicted octanol–water partition coefficient (Wildman–Crippen LogP) is 3.60. The van der Waals surface area contributed by atoms with Crippen LogP contribution in [-0.2, 0) is 0 Å². The molecule has 3 aromatic rings. The third-order valence-corrected chi connectivity index (χ3v) is 2.91. The summed E-state index contributed by atoms with van der Waals surface area (Å²) >= 11 is 6.00. The normalized spacial score (nSPS) is 11.1. The summed E-state index contributed by atoms with van der Waals surface area (Å²) in [6.07, 6.45) is 0. The van der Waals surface area contributed by atoms with E-state index in [2.05, 4.69) is 0 Å². The molecule has 0 bridgehead atoms. The van der Waals surface area contributed by atoms with E-state index >= 15 is 0 Å². The summed E-state index contributed by atoms with van der Waals surface area (Å²) in [5.41, 5.74) is 0.196. The van der Waals surface area contributed by atoms with Crippen LogP contribution in [0.4, 0.5) is 0 Å². The number of halogens is 1. The molecule has 1 heterocycles. The lowest BCUT2D eigenvalue weighted by atomic mass is 10.1. The SMILES string of the molecule is O=c1oc2ccccc2c2cccc(Cl)c12. The van der Waals surface area contributed by atoms with Crippen LogP contribution in [0.15, 0.2) is 51.7 Å². The van der Waals surface area contributed by atoms with Gasteiger partial charge in [-0.15, -0.1) is 0 Å². The molecule has 16 heavy (non-hydrogen) atoms. The molecule has 0 aliphatic carbocycles. The maximum Gasteiger partial charge on any atom is 0.345 e. The van der Waals surface area contributed by atoms with Gasteiger partial charge in [-0.05, 0) is 12.1 Å². The van der Waals surface area contributed by atoms with E-state index in [1.54, 1.807) is 12.1 Å². The van der Waals surface area contributed by atoms with Gasteiger partial charge in [-0.3, -0.25) is 0 Å². The summed E-state index contributed by atoms with van der Waals surface area (Å²) in [6.45, 7) is 0. The van der Waals surface area contributed by atoms with E-state index in [-0.39, 0.29) is 5.63 Å². The molecule has 78 valence electrons. The minimum Gasteiger partial charge on any atom is -0.422 e. The largest absolute Gasteiger partial charge is 0.422 e. The van der Waals surface area contributed by atoms with E-state index in [1.807, 2.05) is 30.3 Å². The fourth-order valence-corrected chi connectivity index (χ4v) is 2.14. The first kappa shape index (κ1) is 9.43. The van der Waals surface area contributed by atoms with E-state index in [4.69, 9.17) is 16.0 Å². The van der Waals surface area contributed by atoms with E-state index in [0.717, 1.165) is 10.8 Å². The van der Waals surface area contributed by atoms with Crippen LogP contribution < -0.4 is 5.63 Å². The molecule has 1 aromatic heterocycles. The summed E-state index contributed by atoms with van der Waals surface area (Å²) in [6, 6.07) is 12.8. The standard InChI is InChI=1S/C13H7ClO2/c14-10-6-3-5-9-8-4-1-2-7-11(8)16-13(15)12(9)10/h1-7H. The average molecular weight is 231 g/mol. The summed E-state index contributed by atoms with van der Waals surface area (Å²) in [5.74, 6) is 0. The number of para-hydroxylation sites is 1. The topological polar surface area (TPSA) is 30.2 Å². The number of benzene rings is 2. The Balaban J connectivity index is 2.71. The molecule has 0 saturated heterocycles. The predicted molar refractivity (Wildman–Crippen MR) is 65.0 cm³/mol. The van der Waals surface area contributed by atoms with Crippen molar-refractivity contribution in [3.8, 4) is 0 Å². The Hall–Kier alpha value is -1.80. The summed E-state index contributed by atoms with van der Waals surface area (Å²) < 4.78 is 5.22. The molecule has 0 amide bonds. The van der Waals surface area contributed by atoms with Gasteiger partial charge in [-0.1, -0.05) is 41.9 Å². The number of fused-ring (bicyclic) bond motifs is 3. The van der Waals surface area contributed by atoms with Crippen LogP contribution in [0.1, 0.15) is 0 Å². The first-order chi connectivity index (χ1) is 7.77. The number of hydrogen-bond acceptors (Lipinski definition) is 2. The summed E-state index contributed by atoms with van der Waals surface area (Å²) in [4.78, 5) is 11.8. The van der Waals surface area contributed by atoms with Crippen molar-refractivity contribution in [1.82, 2.24) is 0 Å². The van der Waals surface area contributed by atoms with Crippen molar-refractivity contribution in [2.24, 2.45) is 0 Å². The zero-order chi connectivity index (χ0) is 11.1. The first-order valence-electron chi connectivity index (χ1n) is 4.87. The average Bonchev–Trinajstić information content (AvgIpc) is 2.29. The van der Waals surface area contributed by atoms with Crippen molar-refractivity contribution < 1.29 is 4.42 Å². The highest BCUT2D eigenvalue weighted by Crippen LogP contribution is 2.26. The molecule has 0 unspecified atom stereocenters. The van der Waals surface area contributed by atoms with Gasteiger partial charge >= 0.3 is 5.63 Å². The van der Waals surface area contributed by atoms with Crippen molar-refractivity contribution in [3.63, 3.8) is 0 Å². The minimum absolute atomic E-state index is 0.390. The lowest BCUT2D eigenvalue weighted by Gasteiger charge is -2.02. The summed E-state index contributed by atoms with van der Waals surface area (Å²) in [5, 5.41) is 2.61. The smallest absolute Gasteiger partial charge is 0.345 e. The van der Waals surface area contributed by atoms with E-state index in [1.165, 1.54) is 0 Å². The third kappa shape index (κ3) is 1.24. The van der Waals surface area contributed by atoms with Gasteiger partial charge in [0.15, 0.2) is 0 Å². The Morgan fingerprint density at radius 1 is 0.938 bits per heavy atom. The lowest BCUT2D eigenvalue weighted by molar-refractivity contribution is 0.569. The monoisotopic (exact) mass is 230 g/mol. The van der Waals surface area contributed by atoms with Crippen molar-refractivity contribution in [1.29, 1.82) is 0 Å². The van der Waals surface area contributed by atoms with Crippen LogP contribution in [0.3, 0.4) is 0 Å². The molecular weight excluding hydrogens is 224 g/mol. The fraction of sp³-hybridized carbons (Fsp3) is 0. The van der Waals surface area contributed by atoms with Crippen molar-refractivity contribution in [2.75, 3.05) is 0 Å². The second kappa shape index (κ2) is 3.35. The van der Waals surface area contributed by atoms with Gasteiger partial charge < -0.3 is 4.42 Å². The lowest BCUT2D eigenvalue weighted by Crippen LogP contribution is -2.00. The molecule has 3 heteroatoms. The summed E-state index contributed by atoms with van der Waals surface area (Å²) in [7, 11) is 0. The zero-order valence-corrected chi connectivity index (χ0v) is 8.99. The van der Waals surface area contributed by atoms with Gasteiger partial charge in [0.2, 0.25) is 0 Å². The molecule has 0 aliphatic heterocycles. The van der Waals surface area contributed by atoms with E-state index in [0.29, 0.717) is 16.0 Å². The van der Waals surface area contributed by atoms with Crippen molar-refractivity contribution >= 4 is 33.3 Å². The zero-order valence-electron chi connectivity index (χ0n) is 8.24. The molecule has 2 aromatic carbocycles. The molecule has 0 saturated carbocycles. The molecule has 0 fully saturated rings. The van der Waals surface area contributed by atoms with Gasteiger partial charge in [0, 0.05) is 10.8 Å². The Morgan fingerprint density at radius 2 is 1.69 bits per heavy atom. The molecule has 0 spiro atoms. The quantitative estimate of drug-likeness (QED) is 0.436. The highest BCUT2D eigenvalue weighted by atomic mass is 35.5. The Kier molecular flexibility index (Phi) is 1.98. The van der Waals surface area contributed by atoms with E-state index < -0.39 is 0 Å². The maximum atomic E-state index is 11.8. The van der Waals surface area contributed by atoms with Crippen LogP contribution in [0.2, 0.25) is 5.02 Å².